The quantitative estimate of drug-likeness (QED) is 0.897. The van der Waals surface area contributed by atoms with Crippen molar-refractivity contribution in [2.24, 2.45) is 0 Å². The lowest BCUT2D eigenvalue weighted by molar-refractivity contribution is 0.251. The van der Waals surface area contributed by atoms with E-state index in [9.17, 15) is 4.79 Å². The summed E-state index contributed by atoms with van der Waals surface area (Å²) >= 11 is 5.76. The molecular formula is C12H12ClN3O2. The second-order valence-corrected chi connectivity index (χ2v) is 4.20. The Morgan fingerprint density at radius 2 is 2.11 bits per heavy atom. The van der Waals surface area contributed by atoms with E-state index >= 15 is 0 Å². The molecule has 0 bridgehead atoms. The van der Waals surface area contributed by atoms with Gasteiger partial charge in [0.05, 0.1) is 5.69 Å². The molecule has 2 N–H and O–H groups in total. The molecule has 2 amide bonds. The zero-order valence-corrected chi connectivity index (χ0v) is 10.5. The Morgan fingerprint density at radius 3 is 2.72 bits per heavy atom. The summed E-state index contributed by atoms with van der Waals surface area (Å²) in [5.41, 5.74) is 1.67. The zero-order chi connectivity index (χ0) is 13.0. The van der Waals surface area contributed by atoms with Gasteiger partial charge in [-0.15, -0.1) is 0 Å². The first-order valence-corrected chi connectivity index (χ1v) is 5.74. The lowest BCUT2D eigenvalue weighted by atomic mass is 10.2. The second kappa shape index (κ2) is 5.55. The summed E-state index contributed by atoms with van der Waals surface area (Å²) in [7, 11) is 0. The van der Waals surface area contributed by atoms with Crippen LogP contribution in [0.4, 0.5) is 10.7 Å². The molecule has 1 aromatic carbocycles. The molecule has 1 aromatic heterocycles. The van der Waals surface area contributed by atoms with Gasteiger partial charge < -0.3 is 9.84 Å². The van der Waals surface area contributed by atoms with Crippen molar-refractivity contribution in [3.05, 3.63) is 46.6 Å². The summed E-state index contributed by atoms with van der Waals surface area (Å²) < 4.78 is 4.86. The van der Waals surface area contributed by atoms with Crippen molar-refractivity contribution in [3.63, 3.8) is 0 Å². The monoisotopic (exact) mass is 265 g/mol. The highest BCUT2D eigenvalue weighted by atomic mass is 35.5. The van der Waals surface area contributed by atoms with Crippen LogP contribution in [0.25, 0.3) is 0 Å². The molecule has 0 unspecified atom stereocenters. The molecule has 2 aromatic rings. The number of anilines is 1. The van der Waals surface area contributed by atoms with Crippen LogP contribution >= 0.6 is 11.6 Å². The van der Waals surface area contributed by atoms with Crippen LogP contribution in [0.15, 0.2) is 34.9 Å². The molecule has 5 nitrogen and oxygen atoms in total. The van der Waals surface area contributed by atoms with Gasteiger partial charge in [0.1, 0.15) is 0 Å². The van der Waals surface area contributed by atoms with Crippen LogP contribution in [0.3, 0.4) is 0 Å². The number of aryl methyl sites for hydroxylation is 1. The maximum Gasteiger partial charge on any atom is 0.321 e. The minimum atomic E-state index is -0.346. The third-order valence-electron chi connectivity index (χ3n) is 2.23. The van der Waals surface area contributed by atoms with Gasteiger partial charge in [0.15, 0.2) is 0 Å². The van der Waals surface area contributed by atoms with Gasteiger partial charge in [0.25, 0.3) is 0 Å². The highest BCUT2D eigenvalue weighted by Crippen LogP contribution is 2.10. The number of nitrogens with zero attached hydrogens (tertiary/aromatic N) is 1. The van der Waals surface area contributed by atoms with Crippen LogP contribution in [0.1, 0.15) is 11.3 Å². The minimum Gasteiger partial charge on any atom is -0.338 e. The summed E-state index contributed by atoms with van der Waals surface area (Å²) in [6, 6.07) is 8.54. The maximum atomic E-state index is 11.5. The van der Waals surface area contributed by atoms with E-state index in [0.717, 1.165) is 5.56 Å². The van der Waals surface area contributed by atoms with E-state index in [-0.39, 0.29) is 6.03 Å². The molecule has 94 valence electrons. The lowest BCUT2D eigenvalue weighted by Gasteiger charge is -2.05. The zero-order valence-electron chi connectivity index (χ0n) is 9.74. The van der Waals surface area contributed by atoms with Gasteiger partial charge in [-0.3, -0.25) is 5.32 Å². The molecule has 6 heteroatoms. The molecule has 0 saturated carbocycles. The van der Waals surface area contributed by atoms with Crippen molar-refractivity contribution in [3.8, 4) is 0 Å². The SMILES string of the molecule is Cc1cc(NC(=O)NCc2ccc(Cl)cc2)on1. The third-order valence-corrected chi connectivity index (χ3v) is 2.48. The molecule has 1 heterocycles. The summed E-state index contributed by atoms with van der Waals surface area (Å²) in [4.78, 5) is 11.5. The van der Waals surface area contributed by atoms with Crippen molar-refractivity contribution < 1.29 is 9.32 Å². The van der Waals surface area contributed by atoms with E-state index in [1.54, 1.807) is 25.1 Å². The predicted molar refractivity (Wildman–Crippen MR) is 68.6 cm³/mol. The normalized spacial score (nSPS) is 10.1. The van der Waals surface area contributed by atoms with Crippen molar-refractivity contribution >= 4 is 23.5 Å². The van der Waals surface area contributed by atoms with Gasteiger partial charge in [0.2, 0.25) is 5.88 Å². The molecule has 0 aliphatic heterocycles. The fourth-order valence-corrected chi connectivity index (χ4v) is 1.49. The Morgan fingerprint density at radius 1 is 1.39 bits per heavy atom. The van der Waals surface area contributed by atoms with Gasteiger partial charge in [-0.1, -0.05) is 28.9 Å². The first-order chi connectivity index (χ1) is 8.63. The van der Waals surface area contributed by atoms with Gasteiger partial charge in [-0.25, -0.2) is 4.79 Å². The van der Waals surface area contributed by atoms with Gasteiger partial charge in [-0.2, -0.15) is 0 Å². The topological polar surface area (TPSA) is 67.2 Å². The smallest absolute Gasteiger partial charge is 0.321 e. The predicted octanol–water partition coefficient (Wildman–Crippen LogP) is 2.96. The average Bonchev–Trinajstić information content (AvgIpc) is 2.74. The van der Waals surface area contributed by atoms with E-state index < -0.39 is 0 Å². The van der Waals surface area contributed by atoms with Crippen molar-refractivity contribution in [2.45, 2.75) is 13.5 Å². The van der Waals surface area contributed by atoms with Crippen LogP contribution in [0.2, 0.25) is 5.02 Å². The van der Waals surface area contributed by atoms with Crippen LogP contribution in [-0.2, 0) is 6.54 Å². The fraction of sp³-hybridized carbons (Fsp3) is 0.167. The Bertz CT molecular complexity index is 537. The molecular weight excluding hydrogens is 254 g/mol. The van der Waals surface area contributed by atoms with E-state index in [1.165, 1.54) is 0 Å². The number of rotatable bonds is 3. The third kappa shape index (κ3) is 3.49. The first kappa shape index (κ1) is 12.4. The Hall–Kier alpha value is -2.01. The number of amides is 2. The Balaban J connectivity index is 1.83. The molecule has 0 aliphatic rings. The van der Waals surface area contributed by atoms with E-state index in [4.69, 9.17) is 16.1 Å². The summed E-state index contributed by atoms with van der Waals surface area (Å²) in [6.07, 6.45) is 0. The number of halogens is 1. The van der Waals surface area contributed by atoms with Crippen LogP contribution in [-0.4, -0.2) is 11.2 Å². The highest BCUT2D eigenvalue weighted by molar-refractivity contribution is 6.30. The van der Waals surface area contributed by atoms with Crippen LogP contribution in [0.5, 0.6) is 0 Å². The van der Waals surface area contributed by atoms with Gasteiger partial charge in [-0.05, 0) is 24.6 Å². The molecule has 0 saturated heterocycles. The molecule has 0 spiro atoms. The minimum absolute atomic E-state index is 0.320. The number of hydrogen-bond acceptors (Lipinski definition) is 3. The van der Waals surface area contributed by atoms with E-state index in [1.807, 2.05) is 12.1 Å². The molecule has 2 rings (SSSR count). The number of aromatic nitrogens is 1. The number of hydrogen-bond donors (Lipinski definition) is 2. The lowest BCUT2D eigenvalue weighted by Crippen LogP contribution is -2.27. The average molecular weight is 266 g/mol. The van der Waals surface area contributed by atoms with Crippen molar-refractivity contribution in [1.82, 2.24) is 10.5 Å². The summed E-state index contributed by atoms with van der Waals surface area (Å²) in [5.74, 6) is 0.320. The highest BCUT2D eigenvalue weighted by Gasteiger charge is 2.05. The molecule has 0 fully saturated rings. The number of nitrogens with one attached hydrogen (secondary N) is 2. The van der Waals surface area contributed by atoms with E-state index in [0.29, 0.717) is 23.1 Å². The van der Waals surface area contributed by atoms with Gasteiger partial charge >= 0.3 is 6.03 Å². The maximum absolute atomic E-state index is 11.5. The fourth-order valence-electron chi connectivity index (χ4n) is 1.36. The van der Waals surface area contributed by atoms with E-state index in [2.05, 4.69) is 15.8 Å². The number of benzene rings is 1. The largest absolute Gasteiger partial charge is 0.338 e. The van der Waals surface area contributed by atoms with Crippen molar-refractivity contribution in [1.29, 1.82) is 0 Å². The Kier molecular flexibility index (Phi) is 3.84. The van der Waals surface area contributed by atoms with Crippen LogP contribution in [0, 0.1) is 6.92 Å². The van der Waals surface area contributed by atoms with Gasteiger partial charge in [0, 0.05) is 17.6 Å². The summed E-state index contributed by atoms with van der Waals surface area (Å²) in [6.45, 7) is 2.19. The second-order valence-electron chi connectivity index (χ2n) is 3.77. The molecule has 18 heavy (non-hydrogen) atoms. The number of carbonyl (C=O) groups is 1. The first-order valence-electron chi connectivity index (χ1n) is 5.36. The molecule has 0 aliphatic carbocycles. The number of urea groups is 1. The van der Waals surface area contributed by atoms with Crippen molar-refractivity contribution in [2.75, 3.05) is 5.32 Å². The summed E-state index contributed by atoms with van der Waals surface area (Å²) in [5, 5.41) is 9.57. The van der Waals surface area contributed by atoms with Crippen LogP contribution < -0.4 is 10.6 Å². The number of carbonyl (C=O) groups excluding carboxylic acids is 1. The standard InChI is InChI=1S/C12H12ClN3O2/c1-8-6-11(18-16-8)15-12(17)14-7-9-2-4-10(13)5-3-9/h2-6H,7H2,1H3,(H2,14,15,17). The molecule has 0 atom stereocenters. The molecule has 0 radical (unpaired) electrons. The Labute approximate surface area is 109 Å².